The minimum atomic E-state index is -0.943. The van der Waals surface area contributed by atoms with Gasteiger partial charge in [-0.1, -0.05) is 18.2 Å². The molecule has 0 aliphatic heterocycles. The number of methoxy groups -OCH3 is 1. The summed E-state index contributed by atoms with van der Waals surface area (Å²) in [5.41, 5.74) is 3.60. The highest BCUT2D eigenvalue weighted by atomic mass is 16.5. The third-order valence-electron chi connectivity index (χ3n) is 4.23. The molecule has 0 unspecified atom stereocenters. The van der Waals surface area contributed by atoms with Gasteiger partial charge in [-0.2, -0.15) is 0 Å². The molecule has 0 aliphatic carbocycles. The van der Waals surface area contributed by atoms with E-state index in [-0.39, 0.29) is 18.4 Å². The minimum Gasteiger partial charge on any atom is -0.496 e. The minimum absolute atomic E-state index is 0.108. The summed E-state index contributed by atoms with van der Waals surface area (Å²) in [7, 11) is 1.60. The molecule has 2 N–H and O–H groups in total. The van der Waals surface area contributed by atoms with E-state index in [1.807, 2.05) is 31.2 Å². The Morgan fingerprint density at radius 2 is 2.04 bits per heavy atom. The number of carboxylic acid groups (broad SMARTS) is 1. The second-order valence-electron chi connectivity index (χ2n) is 5.85. The van der Waals surface area contributed by atoms with Gasteiger partial charge < -0.3 is 9.84 Å². The number of fused-ring (bicyclic) bond motifs is 1. The van der Waals surface area contributed by atoms with Crippen LogP contribution in [-0.4, -0.2) is 32.8 Å². The van der Waals surface area contributed by atoms with Crippen molar-refractivity contribution in [3.8, 4) is 16.9 Å². The van der Waals surface area contributed by atoms with Gasteiger partial charge in [0.15, 0.2) is 5.65 Å². The second kappa shape index (κ2) is 6.43. The van der Waals surface area contributed by atoms with E-state index >= 15 is 0 Å². The molecule has 0 spiro atoms. The summed E-state index contributed by atoms with van der Waals surface area (Å²) in [4.78, 5) is 28.2. The van der Waals surface area contributed by atoms with Crippen LogP contribution >= 0.6 is 0 Å². The number of para-hydroxylation sites is 1. The molecule has 25 heavy (non-hydrogen) atoms. The highest BCUT2D eigenvalue weighted by Crippen LogP contribution is 2.34. The maximum absolute atomic E-state index is 12.8. The van der Waals surface area contributed by atoms with Gasteiger partial charge in [0.05, 0.1) is 12.7 Å². The van der Waals surface area contributed by atoms with E-state index in [0.717, 1.165) is 16.8 Å². The zero-order valence-electron chi connectivity index (χ0n) is 14.3. The summed E-state index contributed by atoms with van der Waals surface area (Å²) in [5, 5.41) is 11.9. The van der Waals surface area contributed by atoms with Crippen LogP contribution in [0.1, 0.15) is 23.4 Å². The Balaban J connectivity index is 2.25. The van der Waals surface area contributed by atoms with E-state index in [0.29, 0.717) is 22.7 Å². The Bertz CT molecular complexity index is 1020. The fraction of sp³-hybridized carbons (Fsp3) is 0.278. The maximum Gasteiger partial charge on any atom is 0.303 e. The first kappa shape index (κ1) is 16.8. The van der Waals surface area contributed by atoms with E-state index in [4.69, 9.17) is 9.84 Å². The lowest BCUT2D eigenvalue weighted by Gasteiger charge is -2.08. The van der Waals surface area contributed by atoms with Gasteiger partial charge in [0, 0.05) is 28.9 Å². The van der Waals surface area contributed by atoms with Crippen molar-refractivity contribution in [2.75, 3.05) is 7.11 Å². The largest absolute Gasteiger partial charge is 0.496 e. The number of hydrogen-bond donors (Lipinski definition) is 2. The third-order valence-corrected chi connectivity index (χ3v) is 4.23. The lowest BCUT2D eigenvalue weighted by molar-refractivity contribution is -0.136. The molecule has 7 heteroatoms. The van der Waals surface area contributed by atoms with Crippen LogP contribution in [0.15, 0.2) is 29.1 Å². The van der Waals surface area contributed by atoms with Gasteiger partial charge in [-0.15, -0.1) is 0 Å². The number of H-pyrrole nitrogens is 1. The molecule has 3 aromatic rings. The van der Waals surface area contributed by atoms with Gasteiger partial charge in [0.25, 0.3) is 5.56 Å². The number of ether oxygens (including phenoxy) is 1. The summed E-state index contributed by atoms with van der Waals surface area (Å²) in [6, 6.07) is 7.54. The van der Waals surface area contributed by atoms with Crippen molar-refractivity contribution >= 4 is 11.6 Å². The molecule has 1 aromatic carbocycles. The van der Waals surface area contributed by atoms with E-state index in [1.165, 1.54) is 4.52 Å². The van der Waals surface area contributed by atoms with Gasteiger partial charge in [0.1, 0.15) is 5.75 Å². The number of benzene rings is 1. The molecule has 0 saturated heterocycles. The monoisotopic (exact) mass is 341 g/mol. The third kappa shape index (κ3) is 2.88. The lowest BCUT2D eigenvalue weighted by Crippen LogP contribution is -2.22. The molecule has 3 rings (SSSR count). The standard InChI is InChI=1S/C18H19N3O4/c1-10-12(8-9-15(22)23)18(24)21-17(19-10)16(11(2)20-21)13-6-4-5-7-14(13)25-3/h4-7,20H,8-9H2,1-3H3,(H,22,23). The number of carbonyl (C=O) groups is 1. The van der Waals surface area contributed by atoms with Gasteiger partial charge in [0.2, 0.25) is 0 Å². The predicted molar refractivity (Wildman–Crippen MR) is 93.2 cm³/mol. The van der Waals surface area contributed by atoms with Crippen LogP contribution in [0.5, 0.6) is 5.75 Å². The van der Waals surface area contributed by atoms with E-state index < -0.39 is 5.97 Å². The Hall–Kier alpha value is -3.09. The van der Waals surface area contributed by atoms with Crippen LogP contribution in [0, 0.1) is 13.8 Å². The van der Waals surface area contributed by atoms with Gasteiger partial charge in [-0.25, -0.2) is 9.50 Å². The number of nitrogens with zero attached hydrogens (tertiary/aromatic N) is 2. The molecule has 0 atom stereocenters. The SMILES string of the molecule is COc1ccccc1-c1c(C)[nH]n2c(=O)c(CCC(=O)O)c(C)nc12. The topological polar surface area (TPSA) is 96.7 Å². The number of aryl methyl sites for hydroxylation is 2. The molecule has 0 aliphatic rings. The van der Waals surface area contributed by atoms with Crippen LogP contribution in [0.3, 0.4) is 0 Å². The fourth-order valence-electron chi connectivity index (χ4n) is 3.02. The van der Waals surface area contributed by atoms with E-state index in [9.17, 15) is 9.59 Å². The number of aromatic nitrogens is 3. The average molecular weight is 341 g/mol. The van der Waals surface area contributed by atoms with Gasteiger partial charge >= 0.3 is 5.97 Å². The van der Waals surface area contributed by atoms with Crippen molar-refractivity contribution in [3.05, 3.63) is 51.6 Å². The number of rotatable bonds is 5. The first-order valence-corrected chi connectivity index (χ1v) is 7.90. The van der Waals surface area contributed by atoms with Crippen LogP contribution in [0.2, 0.25) is 0 Å². The van der Waals surface area contributed by atoms with Crippen molar-refractivity contribution in [1.29, 1.82) is 0 Å². The van der Waals surface area contributed by atoms with Crippen LogP contribution in [0.4, 0.5) is 0 Å². The van der Waals surface area contributed by atoms with Crippen LogP contribution in [0.25, 0.3) is 16.8 Å². The fourth-order valence-corrected chi connectivity index (χ4v) is 3.02. The zero-order valence-corrected chi connectivity index (χ0v) is 14.3. The molecular weight excluding hydrogens is 322 g/mol. The molecule has 0 bridgehead atoms. The zero-order chi connectivity index (χ0) is 18.1. The van der Waals surface area contributed by atoms with Gasteiger partial charge in [-0.05, 0) is 26.3 Å². The quantitative estimate of drug-likeness (QED) is 0.742. The van der Waals surface area contributed by atoms with E-state index in [2.05, 4.69) is 10.1 Å². The molecule has 2 heterocycles. The number of aliphatic carboxylic acids is 1. The van der Waals surface area contributed by atoms with Crippen molar-refractivity contribution in [2.45, 2.75) is 26.7 Å². The second-order valence-corrected chi connectivity index (χ2v) is 5.85. The molecule has 130 valence electrons. The molecular formula is C18H19N3O4. The smallest absolute Gasteiger partial charge is 0.303 e. The lowest BCUT2D eigenvalue weighted by atomic mass is 10.0. The molecule has 7 nitrogen and oxygen atoms in total. The summed E-state index contributed by atoms with van der Waals surface area (Å²) in [5.74, 6) is -0.254. The number of aromatic amines is 1. The number of carboxylic acids is 1. The first-order chi connectivity index (χ1) is 11.9. The molecule has 0 radical (unpaired) electrons. The van der Waals surface area contributed by atoms with Crippen LogP contribution < -0.4 is 10.3 Å². The normalized spacial score (nSPS) is 11.0. The number of hydrogen-bond acceptors (Lipinski definition) is 4. The summed E-state index contributed by atoms with van der Waals surface area (Å²) >= 11 is 0. The molecule has 0 saturated carbocycles. The van der Waals surface area contributed by atoms with Crippen LogP contribution in [-0.2, 0) is 11.2 Å². The van der Waals surface area contributed by atoms with Crippen molar-refractivity contribution in [2.24, 2.45) is 0 Å². The Kier molecular flexibility index (Phi) is 4.31. The summed E-state index contributed by atoms with van der Waals surface area (Å²) in [6.45, 7) is 3.59. The molecule has 0 amide bonds. The molecule has 0 fully saturated rings. The highest BCUT2D eigenvalue weighted by molar-refractivity contribution is 5.83. The van der Waals surface area contributed by atoms with Crippen molar-refractivity contribution in [3.63, 3.8) is 0 Å². The summed E-state index contributed by atoms with van der Waals surface area (Å²) in [6.07, 6.45) is 0.0425. The first-order valence-electron chi connectivity index (χ1n) is 7.90. The Labute approximate surface area is 143 Å². The predicted octanol–water partition coefficient (Wildman–Crippen LogP) is 2.33. The van der Waals surface area contributed by atoms with Crippen molar-refractivity contribution in [1.82, 2.24) is 14.6 Å². The van der Waals surface area contributed by atoms with Gasteiger partial charge in [-0.3, -0.25) is 14.7 Å². The maximum atomic E-state index is 12.8. The summed E-state index contributed by atoms with van der Waals surface area (Å²) < 4.78 is 6.80. The van der Waals surface area contributed by atoms with Crippen molar-refractivity contribution < 1.29 is 14.6 Å². The Morgan fingerprint density at radius 3 is 2.72 bits per heavy atom. The number of nitrogens with one attached hydrogen (secondary N) is 1. The molecule has 2 aromatic heterocycles. The highest BCUT2D eigenvalue weighted by Gasteiger charge is 2.19. The van der Waals surface area contributed by atoms with E-state index in [1.54, 1.807) is 14.0 Å². The average Bonchev–Trinajstić information content (AvgIpc) is 2.90. The Morgan fingerprint density at radius 1 is 1.32 bits per heavy atom.